The minimum Gasteiger partial charge on any atom is -0.497 e. The number of para-hydroxylation sites is 1. The van der Waals surface area contributed by atoms with Gasteiger partial charge in [-0.25, -0.2) is 0 Å². The fourth-order valence-electron chi connectivity index (χ4n) is 2.95. The summed E-state index contributed by atoms with van der Waals surface area (Å²) in [6, 6.07) is 17.5. The van der Waals surface area contributed by atoms with Gasteiger partial charge in [0.15, 0.2) is 0 Å². The lowest BCUT2D eigenvalue weighted by molar-refractivity contribution is -0.146. The molecular weight excluding hydrogens is 330 g/mol. The molecule has 1 N–H and O–H groups in total. The molecule has 1 fully saturated rings. The van der Waals surface area contributed by atoms with Crippen LogP contribution >= 0.6 is 0 Å². The Balaban J connectivity index is 1.47. The van der Waals surface area contributed by atoms with Gasteiger partial charge >= 0.3 is 11.8 Å². The van der Waals surface area contributed by atoms with Crippen LogP contribution in [0.4, 0.5) is 5.69 Å². The van der Waals surface area contributed by atoms with Gasteiger partial charge in [0.05, 0.1) is 7.11 Å². The number of amides is 2. The number of hydrogen-bond acceptors (Lipinski definition) is 4. The molecule has 0 aliphatic carbocycles. The van der Waals surface area contributed by atoms with Crippen molar-refractivity contribution in [3.63, 3.8) is 0 Å². The van der Waals surface area contributed by atoms with Gasteiger partial charge in [-0.1, -0.05) is 30.3 Å². The molecule has 2 aromatic carbocycles. The fraction of sp³-hybridized carbons (Fsp3) is 0.300. The van der Waals surface area contributed by atoms with E-state index >= 15 is 0 Å². The summed E-state index contributed by atoms with van der Waals surface area (Å²) in [7, 11) is 1.60. The van der Waals surface area contributed by atoms with Gasteiger partial charge in [-0.15, -0.1) is 0 Å². The molecule has 0 saturated carbocycles. The molecule has 0 bridgehead atoms. The highest BCUT2D eigenvalue weighted by Crippen LogP contribution is 2.15. The van der Waals surface area contributed by atoms with Crippen molar-refractivity contribution in [1.82, 2.24) is 10.2 Å². The first kappa shape index (κ1) is 17.8. The van der Waals surface area contributed by atoms with Gasteiger partial charge in [0.2, 0.25) is 0 Å². The average molecular weight is 353 g/mol. The van der Waals surface area contributed by atoms with Crippen LogP contribution in [-0.4, -0.2) is 50.0 Å². The summed E-state index contributed by atoms with van der Waals surface area (Å²) < 4.78 is 5.10. The molecule has 2 aromatic rings. The van der Waals surface area contributed by atoms with E-state index in [4.69, 9.17) is 4.74 Å². The van der Waals surface area contributed by atoms with Crippen LogP contribution in [0.25, 0.3) is 0 Å². The van der Waals surface area contributed by atoms with Gasteiger partial charge in [0.1, 0.15) is 5.75 Å². The molecule has 6 heteroatoms. The Hall–Kier alpha value is -3.02. The molecule has 1 heterocycles. The smallest absolute Gasteiger partial charge is 0.312 e. The lowest BCUT2D eigenvalue weighted by atomic mass is 10.2. The van der Waals surface area contributed by atoms with Gasteiger partial charge in [0.25, 0.3) is 0 Å². The summed E-state index contributed by atoms with van der Waals surface area (Å²) in [6.07, 6.45) is 0. The number of carbonyl (C=O) groups is 2. The highest BCUT2D eigenvalue weighted by atomic mass is 16.5. The summed E-state index contributed by atoms with van der Waals surface area (Å²) in [4.78, 5) is 28.3. The molecule has 26 heavy (non-hydrogen) atoms. The number of piperazine rings is 1. The van der Waals surface area contributed by atoms with E-state index in [9.17, 15) is 9.59 Å². The molecule has 0 unspecified atom stereocenters. The number of rotatable bonds is 4. The monoisotopic (exact) mass is 353 g/mol. The van der Waals surface area contributed by atoms with Crippen molar-refractivity contribution in [3.05, 3.63) is 60.2 Å². The Kier molecular flexibility index (Phi) is 5.73. The van der Waals surface area contributed by atoms with Crippen LogP contribution in [0.2, 0.25) is 0 Å². The van der Waals surface area contributed by atoms with Crippen LogP contribution in [0.5, 0.6) is 5.75 Å². The molecular formula is C20H23N3O3. The highest BCUT2D eigenvalue weighted by Gasteiger charge is 2.25. The third-order valence-corrected chi connectivity index (χ3v) is 4.49. The van der Waals surface area contributed by atoms with Gasteiger partial charge < -0.3 is 19.9 Å². The van der Waals surface area contributed by atoms with Crippen LogP contribution in [0.15, 0.2) is 54.6 Å². The minimum absolute atomic E-state index is 0.318. The lowest BCUT2D eigenvalue weighted by Gasteiger charge is -2.35. The topological polar surface area (TPSA) is 61.9 Å². The molecule has 2 amide bonds. The normalized spacial score (nSPS) is 14.0. The number of nitrogens with zero attached hydrogens (tertiary/aromatic N) is 2. The molecule has 3 rings (SSSR count). The van der Waals surface area contributed by atoms with E-state index in [-0.39, 0.29) is 0 Å². The third kappa shape index (κ3) is 4.33. The predicted molar refractivity (Wildman–Crippen MR) is 100 cm³/mol. The van der Waals surface area contributed by atoms with Crippen molar-refractivity contribution in [1.29, 1.82) is 0 Å². The zero-order valence-corrected chi connectivity index (χ0v) is 14.9. The molecule has 136 valence electrons. The van der Waals surface area contributed by atoms with Crippen molar-refractivity contribution in [2.75, 3.05) is 38.2 Å². The Morgan fingerprint density at radius 1 is 0.962 bits per heavy atom. The molecule has 1 aliphatic rings. The van der Waals surface area contributed by atoms with E-state index in [2.05, 4.69) is 22.3 Å². The number of anilines is 1. The van der Waals surface area contributed by atoms with Crippen molar-refractivity contribution in [2.24, 2.45) is 0 Å². The number of benzene rings is 2. The highest BCUT2D eigenvalue weighted by molar-refractivity contribution is 6.35. The van der Waals surface area contributed by atoms with Gasteiger partial charge in [-0.3, -0.25) is 9.59 Å². The number of carbonyl (C=O) groups excluding carboxylic acids is 2. The maximum atomic E-state index is 12.3. The van der Waals surface area contributed by atoms with Gasteiger partial charge in [-0.05, 0) is 29.8 Å². The van der Waals surface area contributed by atoms with E-state index < -0.39 is 11.8 Å². The molecule has 0 spiro atoms. The molecule has 0 radical (unpaired) electrons. The second-order valence-electron chi connectivity index (χ2n) is 6.15. The second-order valence-corrected chi connectivity index (χ2v) is 6.15. The first-order valence-electron chi connectivity index (χ1n) is 8.67. The van der Waals surface area contributed by atoms with Crippen LogP contribution in [0, 0.1) is 0 Å². The first-order chi connectivity index (χ1) is 12.7. The van der Waals surface area contributed by atoms with E-state index in [1.165, 1.54) is 0 Å². The Labute approximate surface area is 153 Å². The fourth-order valence-corrected chi connectivity index (χ4v) is 2.95. The number of methoxy groups -OCH3 is 1. The standard InChI is InChI=1S/C20H23N3O3/c1-26-18-9-7-16(8-10-18)15-21-19(24)20(25)23-13-11-22(12-14-23)17-5-3-2-4-6-17/h2-10H,11-15H2,1H3,(H,21,24). The van der Waals surface area contributed by atoms with Crippen LogP contribution in [0.3, 0.4) is 0 Å². The summed E-state index contributed by atoms with van der Waals surface area (Å²) in [5.41, 5.74) is 2.06. The molecule has 0 atom stereocenters. The van der Waals surface area contributed by atoms with Crippen molar-refractivity contribution < 1.29 is 14.3 Å². The van der Waals surface area contributed by atoms with E-state index in [1.54, 1.807) is 12.0 Å². The maximum absolute atomic E-state index is 12.3. The predicted octanol–water partition coefficient (Wildman–Crippen LogP) is 1.66. The Bertz CT molecular complexity index is 739. The lowest BCUT2D eigenvalue weighted by Crippen LogP contribution is -2.52. The summed E-state index contributed by atoms with van der Waals surface area (Å²) in [5, 5.41) is 2.69. The SMILES string of the molecule is COc1ccc(CNC(=O)C(=O)N2CCN(c3ccccc3)CC2)cc1. The minimum atomic E-state index is -0.561. The van der Waals surface area contributed by atoms with E-state index in [0.29, 0.717) is 19.6 Å². The molecule has 1 aliphatic heterocycles. The summed E-state index contributed by atoms with van der Waals surface area (Å²) >= 11 is 0. The largest absolute Gasteiger partial charge is 0.497 e. The molecule has 1 saturated heterocycles. The number of nitrogens with one attached hydrogen (secondary N) is 1. The summed E-state index contributed by atoms with van der Waals surface area (Å²) in [6.45, 7) is 2.86. The number of ether oxygens (including phenoxy) is 1. The quantitative estimate of drug-likeness (QED) is 0.850. The zero-order chi connectivity index (χ0) is 18.4. The average Bonchev–Trinajstić information content (AvgIpc) is 2.72. The van der Waals surface area contributed by atoms with Gasteiger partial charge in [-0.2, -0.15) is 0 Å². The van der Waals surface area contributed by atoms with Crippen LogP contribution in [-0.2, 0) is 16.1 Å². The molecule has 0 aromatic heterocycles. The Morgan fingerprint density at radius 2 is 1.62 bits per heavy atom. The van der Waals surface area contributed by atoms with Crippen molar-refractivity contribution >= 4 is 17.5 Å². The van der Waals surface area contributed by atoms with E-state index in [1.807, 2.05) is 42.5 Å². The zero-order valence-electron chi connectivity index (χ0n) is 14.9. The maximum Gasteiger partial charge on any atom is 0.312 e. The van der Waals surface area contributed by atoms with Gasteiger partial charge in [0, 0.05) is 38.4 Å². The Morgan fingerprint density at radius 3 is 2.23 bits per heavy atom. The van der Waals surface area contributed by atoms with Crippen LogP contribution in [0.1, 0.15) is 5.56 Å². The second kappa shape index (κ2) is 8.38. The first-order valence-corrected chi connectivity index (χ1v) is 8.67. The molecule has 6 nitrogen and oxygen atoms in total. The third-order valence-electron chi connectivity index (χ3n) is 4.49. The number of hydrogen-bond donors (Lipinski definition) is 1. The van der Waals surface area contributed by atoms with Crippen LogP contribution < -0.4 is 15.0 Å². The van der Waals surface area contributed by atoms with E-state index in [0.717, 1.165) is 30.1 Å². The van der Waals surface area contributed by atoms with Crippen molar-refractivity contribution in [3.8, 4) is 5.75 Å². The van der Waals surface area contributed by atoms with Crippen molar-refractivity contribution in [2.45, 2.75) is 6.54 Å². The summed E-state index contributed by atoms with van der Waals surface area (Å²) in [5.74, 6) is -0.271.